The van der Waals surface area contributed by atoms with E-state index >= 15 is 0 Å². The second-order valence-electron chi connectivity index (χ2n) is 3.67. The number of aromatic amines is 2. The van der Waals surface area contributed by atoms with E-state index in [-0.39, 0.29) is 22.7 Å². The molecule has 0 atom stereocenters. The number of furan rings is 1. The van der Waals surface area contributed by atoms with Gasteiger partial charge in [0.05, 0.1) is 6.26 Å². The van der Waals surface area contributed by atoms with Gasteiger partial charge in [-0.1, -0.05) is 0 Å². The summed E-state index contributed by atoms with van der Waals surface area (Å²) in [6.45, 7) is 1.89. The topological polar surface area (TPSA) is 114 Å². The highest BCUT2D eigenvalue weighted by molar-refractivity contribution is 5.75. The molecule has 7 heteroatoms. The summed E-state index contributed by atoms with van der Waals surface area (Å²) < 4.78 is 5.28. The Morgan fingerprint density at radius 2 is 2.18 bits per heavy atom. The summed E-state index contributed by atoms with van der Waals surface area (Å²) in [6, 6.07) is 1.81. The Morgan fingerprint density at radius 3 is 2.88 bits per heavy atom. The van der Waals surface area contributed by atoms with E-state index < -0.39 is 0 Å². The summed E-state index contributed by atoms with van der Waals surface area (Å²) in [5.41, 5.74) is 6.57. The number of aromatic nitrogens is 4. The molecule has 0 saturated carbocycles. The lowest BCUT2D eigenvalue weighted by Crippen LogP contribution is -2.10. The van der Waals surface area contributed by atoms with Crippen molar-refractivity contribution in [1.82, 2.24) is 19.9 Å². The molecule has 0 aliphatic rings. The number of rotatable bonds is 1. The zero-order valence-electron chi connectivity index (χ0n) is 8.94. The molecule has 0 amide bonds. The van der Waals surface area contributed by atoms with Gasteiger partial charge in [0.2, 0.25) is 5.95 Å². The van der Waals surface area contributed by atoms with Gasteiger partial charge in [-0.05, 0) is 18.6 Å². The predicted octanol–water partition coefficient (Wildman–Crippen LogP) is 0.797. The van der Waals surface area contributed by atoms with Crippen LogP contribution in [0, 0.1) is 6.92 Å². The molecule has 0 aromatic carbocycles. The van der Waals surface area contributed by atoms with Gasteiger partial charge < -0.3 is 15.1 Å². The fraction of sp³-hybridized carbons (Fsp3) is 0.100. The second-order valence-corrected chi connectivity index (χ2v) is 3.67. The van der Waals surface area contributed by atoms with Crippen molar-refractivity contribution in [3.8, 4) is 11.6 Å². The van der Waals surface area contributed by atoms with E-state index in [1.54, 1.807) is 6.26 Å². The number of hydrogen-bond donors (Lipinski definition) is 3. The van der Waals surface area contributed by atoms with Gasteiger partial charge >= 0.3 is 0 Å². The van der Waals surface area contributed by atoms with Crippen molar-refractivity contribution in [1.29, 1.82) is 0 Å². The molecular formula is C10H9N5O2. The Morgan fingerprint density at radius 1 is 1.35 bits per heavy atom. The standard InChI is InChI=1S/C10H9N5O2/c1-4-2-3-17-6(4)8-12-5-7(13-8)14-10(11)15-9(5)16/h2-3H,1H3,(H4,11,12,13,14,15,16). The maximum Gasteiger partial charge on any atom is 0.278 e. The highest BCUT2D eigenvalue weighted by Crippen LogP contribution is 2.22. The minimum Gasteiger partial charge on any atom is -0.461 e. The van der Waals surface area contributed by atoms with Crippen LogP contribution in [0.3, 0.4) is 0 Å². The summed E-state index contributed by atoms with van der Waals surface area (Å²) in [6.07, 6.45) is 1.56. The maximum atomic E-state index is 11.6. The van der Waals surface area contributed by atoms with E-state index in [4.69, 9.17) is 10.2 Å². The summed E-state index contributed by atoms with van der Waals surface area (Å²) >= 11 is 0. The first kappa shape index (κ1) is 9.64. The summed E-state index contributed by atoms with van der Waals surface area (Å²) in [5.74, 6) is 1.09. The Labute approximate surface area is 94.7 Å². The highest BCUT2D eigenvalue weighted by Gasteiger charge is 2.13. The van der Waals surface area contributed by atoms with Gasteiger partial charge in [-0.3, -0.25) is 9.78 Å². The number of H-pyrrole nitrogens is 2. The van der Waals surface area contributed by atoms with E-state index in [2.05, 4.69) is 19.9 Å². The summed E-state index contributed by atoms with van der Waals surface area (Å²) in [7, 11) is 0. The molecule has 7 nitrogen and oxygen atoms in total. The van der Waals surface area contributed by atoms with Crippen LogP contribution >= 0.6 is 0 Å². The number of nitrogens with zero attached hydrogens (tertiary/aromatic N) is 2. The average molecular weight is 231 g/mol. The minimum absolute atomic E-state index is 0.0386. The third-order valence-corrected chi connectivity index (χ3v) is 2.46. The van der Waals surface area contributed by atoms with E-state index in [1.165, 1.54) is 0 Å². The Hall–Kier alpha value is -2.57. The van der Waals surface area contributed by atoms with Crippen molar-refractivity contribution in [2.45, 2.75) is 6.92 Å². The lowest BCUT2D eigenvalue weighted by molar-refractivity contribution is 0.577. The highest BCUT2D eigenvalue weighted by atomic mass is 16.3. The number of anilines is 1. The third-order valence-electron chi connectivity index (χ3n) is 2.46. The number of nitrogens with two attached hydrogens (primary N) is 1. The molecule has 3 aromatic heterocycles. The van der Waals surface area contributed by atoms with Gasteiger partial charge in [-0.15, -0.1) is 0 Å². The van der Waals surface area contributed by atoms with Crippen LogP contribution in [0.4, 0.5) is 5.95 Å². The molecule has 17 heavy (non-hydrogen) atoms. The molecule has 4 N–H and O–H groups in total. The molecule has 0 fully saturated rings. The predicted molar refractivity (Wildman–Crippen MR) is 61.4 cm³/mol. The molecule has 0 unspecified atom stereocenters. The van der Waals surface area contributed by atoms with E-state index in [0.29, 0.717) is 11.6 Å². The first-order valence-electron chi connectivity index (χ1n) is 4.95. The van der Waals surface area contributed by atoms with Crippen LogP contribution < -0.4 is 11.3 Å². The number of nitrogen functional groups attached to an aromatic ring is 1. The molecule has 0 bridgehead atoms. The fourth-order valence-electron chi connectivity index (χ4n) is 1.65. The monoisotopic (exact) mass is 231 g/mol. The molecule has 0 aliphatic carbocycles. The van der Waals surface area contributed by atoms with Crippen LogP contribution in [0.5, 0.6) is 0 Å². The van der Waals surface area contributed by atoms with Crippen molar-refractivity contribution in [2.24, 2.45) is 0 Å². The molecule has 0 radical (unpaired) electrons. The second kappa shape index (κ2) is 3.21. The zero-order valence-corrected chi connectivity index (χ0v) is 8.94. The van der Waals surface area contributed by atoms with Crippen LogP contribution in [0.1, 0.15) is 5.56 Å². The Balaban J connectivity index is 2.31. The van der Waals surface area contributed by atoms with Crippen LogP contribution in [-0.2, 0) is 0 Å². The van der Waals surface area contributed by atoms with Gasteiger partial charge in [0, 0.05) is 0 Å². The Bertz CT molecular complexity index is 751. The van der Waals surface area contributed by atoms with Crippen molar-refractivity contribution in [3.63, 3.8) is 0 Å². The lowest BCUT2D eigenvalue weighted by atomic mass is 10.3. The van der Waals surface area contributed by atoms with Gasteiger partial charge in [0.1, 0.15) is 0 Å². The molecule has 0 aliphatic heterocycles. The molecule has 3 heterocycles. The normalized spacial score (nSPS) is 11.1. The summed E-state index contributed by atoms with van der Waals surface area (Å²) in [4.78, 5) is 25.0. The first-order valence-corrected chi connectivity index (χ1v) is 4.95. The smallest absolute Gasteiger partial charge is 0.278 e. The quantitative estimate of drug-likeness (QED) is 0.573. The average Bonchev–Trinajstić information content (AvgIpc) is 2.83. The lowest BCUT2D eigenvalue weighted by Gasteiger charge is -1.90. The van der Waals surface area contributed by atoms with Crippen molar-refractivity contribution >= 4 is 17.1 Å². The van der Waals surface area contributed by atoms with Crippen molar-refractivity contribution < 1.29 is 4.42 Å². The zero-order chi connectivity index (χ0) is 12.0. The number of nitrogens with one attached hydrogen (secondary N) is 2. The SMILES string of the molecule is Cc1ccoc1-c1nc2nc(N)[nH]c(=O)c2[nH]1. The largest absolute Gasteiger partial charge is 0.461 e. The van der Waals surface area contributed by atoms with Gasteiger partial charge in [-0.2, -0.15) is 4.98 Å². The first-order chi connectivity index (χ1) is 8.15. The van der Waals surface area contributed by atoms with Crippen LogP contribution in [0.2, 0.25) is 0 Å². The number of fused-ring (bicyclic) bond motifs is 1. The number of aryl methyl sites for hydroxylation is 1. The van der Waals surface area contributed by atoms with Gasteiger partial charge in [-0.25, -0.2) is 4.98 Å². The molecule has 0 saturated heterocycles. The van der Waals surface area contributed by atoms with E-state index in [9.17, 15) is 4.79 Å². The molecular weight excluding hydrogens is 222 g/mol. The number of imidazole rings is 1. The molecule has 3 rings (SSSR count). The molecule has 3 aromatic rings. The van der Waals surface area contributed by atoms with Gasteiger partial charge in [0.25, 0.3) is 5.56 Å². The van der Waals surface area contributed by atoms with E-state index in [1.807, 2.05) is 13.0 Å². The minimum atomic E-state index is -0.351. The van der Waals surface area contributed by atoms with Gasteiger partial charge in [0.15, 0.2) is 22.7 Å². The van der Waals surface area contributed by atoms with Crippen molar-refractivity contribution in [3.05, 3.63) is 28.2 Å². The number of hydrogen-bond acceptors (Lipinski definition) is 5. The Kier molecular flexibility index (Phi) is 1.82. The fourth-order valence-corrected chi connectivity index (χ4v) is 1.65. The maximum absolute atomic E-state index is 11.6. The third kappa shape index (κ3) is 1.40. The molecule has 86 valence electrons. The van der Waals surface area contributed by atoms with Crippen LogP contribution in [0.25, 0.3) is 22.7 Å². The van der Waals surface area contributed by atoms with Crippen LogP contribution in [0.15, 0.2) is 21.5 Å². The molecule has 0 spiro atoms. The van der Waals surface area contributed by atoms with Crippen LogP contribution in [-0.4, -0.2) is 19.9 Å². The van der Waals surface area contributed by atoms with E-state index in [0.717, 1.165) is 5.56 Å². The van der Waals surface area contributed by atoms with Crippen molar-refractivity contribution in [2.75, 3.05) is 5.73 Å². The summed E-state index contributed by atoms with van der Waals surface area (Å²) in [5, 5.41) is 0.